The summed E-state index contributed by atoms with van der Waals surface area (Å²) in [5.74, 6) is 0.579. The van der Waals surface area contributed by atoms with Gasteiger partial charge in [-0.2, -0.15) is 0 Å². The monoisotopic (exact) mass is 436 g/mol. The zero-order valence-electron chi connectivity index (χ0n) is 16.5. The first-order valence-corrected chi connectivity index (χ1v) is 11.3. The SMILES string of the molecule is COc1ccc(CC(=O)N2CCC(NS(=O)(=O)c3ccc(C)cc3)CC2)cc1Cl. The van der Waals surface area contributed by atoms with Crippen molar-refractivity contribution in [3.8, 4) is 5.75 Å². The van der Waals surface area contributed by atoms with Gasteiger partial charge in [0.1, 0.15) is 5.75 Å². The van der Waals surface area contributed by atoms with Crippen LogP contribution in [0.25, 0.3) is 0 Å². The molecule has 1 aliphatic rings. The van der Waals surface area contributed by atoms with E-state index in [-0.39, 0.29) is 23.3 Å². The molecule has 0 atom stereocenters. The molecule has 0 bridgehead atoms. The van der Waals surface area contributed by atoms with Crippen LogP contribution in [0.15, 0.2) is 47.4 Å². The summed E-state index contributed by atoms with van der Waals surface area (Å²) in [6.45, 7) is 2.95. The lowest BCUT2D eigenvalue weighted by molar-refractivity contribution is -0.131. The average molecular weight is 437 g/mol. The van der Waals surface area contributed by atoms with Gasteiger partial charge in [-0.05, 0) is 49.6 Å². The molecule has 1 saturated heterocycles. The fourth-order valence-electron chi connectivity index (χ4n) is 3.36. The molecule has 0 aliphatic carbocycles. The number of aryl methyl sites for hydroxylation is 1. The number of hydrogen-bond donors (Lipinski definition) is 1. The molecule has 156 valence electrons. The van der Waals surface area contributed by atoms with E-state index >= 15 is 0 Å². The van der Waals surface area contributed by atoms with Gasteiger partial charge < -0.3 is 9.64 Å². The van der Waals surface area contributed by atoms with Crippen molar-refractivity contribution in [1.29, 1.82) is 0 Å². The Morgan fingerprint density at radius 1 is 1.17 bits per heavy atom. The summed E-state index contributed by atoms with van der Waals surface area (Å²) < 4.78 is 33.0. The van der Waals surface area contributed by atoms with Crippen LogP contribution in [-0.4, -0.2) is 45.5 Å². The summed E-state index contributed by atoms with van der Waals surface area (Å²) in [6, 6.07) is 11.9. The molecular formula is C21H25ClN2O4S. The minimum absolute atomic E-state index is 0.00563. The Bertz CT molecular complexity index is 969. The van der Waals surface area contributed by atoms with Crippen LogP contribution in [0.5, 0.6) is 5.75 Å². The summed E-state index contributed by atoms with van der Waals surface area (Å²) in [6.07, 6.45) is 1.42. The lowest BCUT2D eigenvalue weighted by Gasteiger charge is -2.32. The van der Waals surface area contributed by atoms with E-state index in [2.05, 4.69) is 4.72 Å². The minimum atomic E-state index is -3.55. The maximum Gasteiger partial charge on any atom is 0.240 e. The summed E-state index contributed by atoms with van der Waals surface area (Å²) in [5.41, 5.74) is 1.83. The van der Waals surface area contributed by atoms with Crippen molar-refractivity contribution in [2.75, 3.05) is 20.2 Å². The molecule has 0 aromatic heterocycles. The first-order valence-electron chi connectivity index (χ1n) is 9.47. The highest BCUT2D eigenvalue weighted by atomic mass is 35.5. The van der Waals surface area contributed by atoms with Gasteiger partial charge >= 0.3 is 0 Å². The van der Waals surface area contributed by atoms with E-state index in [1.54, 1.807) is 48.4 Å². The smallest absolute Gasteiger partial charge is 0.240 e. The predicted octanol–water partition coefficient (Wildman–Crippen LogP) is 3.17. The van der Waals surface area contributed by atoms with E-state index in [1.165, 1.54) is 0 Å². The topological polar surface area (TPSA) is 75.7 Å². The summed E-state index contributed by atoms with van der Waals surface area (Å²) in [5, 5.41) is 0.474. The second-order valence-electron chi connectivity index (χ2n) is 7.24. The molecule has 0 radical (unpaired) electrons. The second kappa shape index (κ2) is 9.15. The van der Waals surface area contributed by atoms with Gasteiger partial charge in [0, 0.05) is 19.1 Å². The van der Waals surface area contributed by atoms with Crippen LogP contribution in [-0.2, 0) is 21.2 Å². The number of carbonyl (C=O) groups excluding carboxylic acids is 1. The third-order valence-corrected chi connectivity index (χ3v) is 6.90. The Labute approximate surface area is 176 Å². The van der Waals surface area contributed by atoms with Gasteiger partial charge in [0.2, 0.25) is 15.9 Å². The molecule has 8 heteroatoms. The highest BCUT2D eigenvalue weighted by Crippen LogP contribution is 2.25. The highest BCUT2D eigenvalue weighted by Gasteiger charge is 2.26. The van der Waals surface area contributed by atoms with Crippen LogP contribution in [0.4, 0.5) is 0 Å². The quantitative estimate of drug-likeness (QED) is 0.754. The van der Waals surface area contributed by atoms with Crippen molar-refractivity contribution >= 4 is 27.5 Å². The van der Waals surface area contributed by atoms with E-state index in [1.807, 2.05) is 13.0 Å². The Morgan fingerprint density at radius 3 is 2.41 bits per heavy atom. The van der Waals surface area contributed by atoms with Crippen LogP contribution in [0.3, 0.4) is 0 Å². The molecule has 2 aromatic rings. The van der Waals surface area contributed by atoms with Crippen LogP contribution in [0, 0.1) is 6.92 Å². The van der Waals surface area contributed by atoms with Gasteiger partial charge in [-0.3, -0.25) is 4.79 Å². The molecule has 1 heterocycles. The van der Waals surface area contributed by atoms with Crippen molar-refractivity contribution < 1.29 is 17.9 Å². The van der Waals surface area contributed by atoms with E-state index in [9.17, 15) is 13.2 Å². The molecule has 29 heavy (non-hydrogen) atoms. The first-order chi connectivity index (χ1) is 13.8. The minimum Gasteiger partial charge on any atom is -0.495 e. The van der Waals surface area contributed by atoms with Crippen molar-refractivity contribution in [1.82, 2.24) is 9.62 Å². The Balaban J connectivity index is 1.54. The average Bonchev–Trinajstić information content (AvgIpc) is 2.68. The number of nitrogens with one attached hydrogen (secondary N) is 1. The summed E-state index contributed by atoms with van der Waals surface area (Å²) in [4.78, 5) is 14.6. The number of nitrogens with zero attached hydrogens (tertiary/aromatic N) is 1. The van der Waals surface area contributed by atoms with Gasteiger partial charge in [-0.1, -0.05) is 35.4 Å². The molecule has 0 spiro atoms. The van der Waals surface area contributed by atoms with Gasteiger partial charge in [-0.25, -0.2) is 13.1 Å². The van der Waals surface area contributed by atoms with Crippen LogP contribution >= 0.6 is 11.6 Å². The van der Waals surface area contributed by atoms with Crippen molar-refractivity contribution in [2.24, 2.45) is 0 Å². The zero-order chi connectivity index (χ0) is 21.0. The lowest BCUT2D eigenvalue weighted by Crippen LogP contribution is -2.46. The number of halogens is 1. The molecule has 1 fully saturated rings. The van der Waals surface area contributed by atoms with E-state index in [4.69, 9.17) is 16.3 Å². The number of ether oxygens (including phenoxy) is 1. The third kappa shape index (κ3) is 5.50. The molecule has 1 aliphatic heterocycles. The Morgan fingerprint density at radius 2 is 1.83 bits per heavy atom. The van der Waals surface area contributed by atoms with Gasteiger partial charge in [0.25, 0.3) is 0 Å². The Kier molecular flexibility index (Phi) is 6.82. The predicted molar refractivity (Wildman–Crippen MR) is 113 cm³/mol. The number of carbonyl (C=O) groups is 1. The normalized spacial score (nSPS) is 15.3. The fourth-order valence-corrected chi connectivity index (χ4v) is 4.94. The molecule has 0 saturated carbocycles. The summed E-state index contributed by atoms with van der Waals surface area (Å²) in [7, 11) is -2.01. The molecule has 1 N–H and O–H groups in total. The number of benzene rings is 2. The van der Waals surface area contributed by atoms with E-state index in [0.29, 0.717) is 36.7 Å². The van der Waals surface area contributed by atoms with Crippen LogP contribution in [0.2, 0.25) is 5.02 Å². The second-order valence-corrected chi connectivity index (χ2v) is 9.36. The Hall–Kier alpha value is -2.09. The van der Waals surface area contributed by atoms with Crippen molar-refractivity contribution in [3.63, 3.8) is 0 Å². The van der Waals surface area contributed by atoms with Gasteiger partial charge in [0.15, 0.2) is 0 Å². The maximum atomic E-state index is 12.6. The number of hydrogen-bond acceptors (Lipinski definition) is 4. The number of methoxy groups -OCH3 is 1. The van der Waals surface area contributed by atoms with Crippen molar-refractivity contribution in [3.05, 3.63) is 58.6 Å². The largest absolute Gasteiger partial charge is 0.495 e. The van der Waals surface area contributed by atoms with Crippen LogP contribution in [0.1, 0.15) is 24.0 Å². The third-order valence-electron chi connectivity index (χ3n) is 5.07. The molecule has 2 aromatic carbocycles. The van der Waals surface area contributed by atoms with Crippen molar-refractivity contribution in [2.45, 2.75) is 37.1 Å². The highest BCUT2D eigenvalue weighted by molar-refractivity contribution is 7.89. The molecule has 6 nitrogen and oxygen atoms in total. The fraction of sp³-hybridized carbons (Fsp3) is 0.381. The number of rotatable bonds is 6. The summed E-state index contributed by atoms with van der Waals surface area (Å²) >= 11 is 6.12. The molecule has 3 rings (SSSR count). The number of amides is 1. The number of likely N-dealkylation sites (tertiary alicyclic amines) is 1. The van der Waals surface area contributed by atoms with E-state index in [0.717, 1.165) is 11.1 Å². The lowest BCUT2D eigenvalue weighted by atomic mass is 10.0. The standard InChI is InChI=1S/C21H25ClN2O4S/c1-15-3-6-18(7-4-15)29(26,27)23-17-9-11-24(12-10-17)21(25)14-16-5-8-20(28-2)19(22)13-16/h3-8,13,17,23H,9-12,14H2,1-2H3. The number of sulfonamides is 1. The molecule has 0 unspecified atom stereocenters. The zero-order valence-corrected chi connectivity index (χ0v) is 18.1. The van der Waals surface area contributed by atoms with Gasteiger partial charge in [0.05, 0.1) is 23.4 Å². The van der Waals surface area contributed by atoms with Gasteiger partial charge in [-0.15, -0.1) is 0 Å². The first kappa shape index (κ1) is 21.6. The maximum absolute atomic E-state index is 12.6. The molecular weight excluding hydrogens is 412 g/mol. The number of piperidine rings is 1. The van der Waals surface area contributed by atoms with E-state index < -0.39 is 10.0 Å². The van der Waals surface area contributed by atoms with Crippen LogP contribution < -0.4 is 9.46 Å². The molecule has 1 amide bonds.